The summed E-state index contributed by atoms with van der Waals surface area (Å²) in [5.41, 5.74) is 1.48. The topological polar surface area (TPSA) is 84.0 Å². The van der Waals surface area contributed by atoms with Crippen LogP contribution in [0.2, 0.25) is 0 Å². The zero-order valence-electron chi connectivity index (χ0n) is 7.73. The fraction of sp³-hybridized carbons (Fsp3) is 0.667. The Hall–Kier alpha value is -0.730. The first-order valence-corrected chi connectivity index (χ1v) is 6.58. The molecule has 0 atom stereocenters. The maximum Gasteiger partial charge on any atom is 0.234 e. The largest absolute Gasteiger partial charge is 0.320 e. The summed E-state index contributed by atoms with van der Waals surface area (Å²) in [5.74, 6) is 0.0907. The van der Waals surface area contributed by atoms with Gasteiger partial charge in [0.2, 0.25) is 15.2 Å². The summed E-state index contributed by atoms with van der Waals surface area (Å²) in [6.45, 7) is 0.678. The van der Waals surface area contributed by atoms with Crippen molar-refractivity contribution in [2.45, 2.75) is 6.42 Å². The Morgan fingerprint density at radius 3 is 2.93 bits per heavy atom. The van der Waals surface area contributed by atoms with E-state index in [1.54, 1.807) is 7.05 Å². The first-order valence-electron chi connectivity index (χ1n) is 4.05. The van der Waals surface area contributed by atoms with Crippen LogP contribution < -0.4 is 10.0 Å². The summed E-state index contributed by atoms with van der Waals surface area (Å²) < 4.78 is 25.1. The smallest absolute Gasteiger partial charge is 0.234 e. The average molecular weight is 236 g/mol. The third kappa shape index (κ3) is 3.99. The second-order valence-electron chi connectivity index (χ2n) is 2.62. The van der Waals surface area contributed by atoms with Gasteiger partial charge in [0.1, 0.15) is 5.51 Å². The van der Waals surface area contributed by atoms with Gasteiger partial charge in [-0.3, -0.25) is 4.72 Å². The zero-order chi connectivity index (χ0) is 10.4. The van der Waals surface area contributed by atoms with Crippen LogP contribution in [0, 0.1) is 0 Å². The van der Waals surface area contributed by atoms with Gasteiger partial charge in [-0.25, -0.2) is 8.42 Å². The number of sulfonamides is 1. The molecule has 0 saturated heterocycles. The molecule has 0 unspecified atom stereocenters. The molecule has 1 aromatic rings. The van der Waals surface area contributed by atoms with Gasteiger partial charge in [-0.15, -0.1) is 10.2 Å². The first kappa shape index (κ1) is 11.3. The van der Waals surface area contributed by atoms with Crippen molar-refractivity contribution >= 4 is 26.5 Å². The number of aromatic nitrogens is 2. The lowest BCUT2D eigenvalue weighted by Crippen LogP contribution is -2.20. The highest BCUT2D eigenvalue weighted by Crippen LogP contribution is 2.10. The van der Waals surface area contributed by atoms with E-state index in [0.717, 1.165) is 11.3 Å². The highest BCUT2D eigenvalue weighted by molar-refractivity contribution is 7.92. The Labute approximate surface area is 86.8 Å². The summed E-state index contributed by atoms with van der Waals surface area (Å²) >= 11 is 1.16. The molecule has 1 heterocycles. The Kier molecular flexibility index (Phi) is 4.23. The molecular weight excluding hydrogens is 224 g/mol. The first-order chi connectivity index (χ1) is 6.64. The Bertz CT molecular complexity index is 348. The van der Waals surface area contributed by atoms with Crippen LogP contribution in [-0.2, 0) is 10.0 Å². The Morgan fingerprint density at radius 1 is 1.57 bits per heavy atom. The van der Waals surface area contributed by atoms with E-state index in [9.17, 15) is 8.42 Å². The van der Waals surface area contributed by atoms with Gasteiger partial charge in [0.05, 0.1) is 5.75 Å². The molecule has 0 amide bonds. The van der Waals surface area contributed by atoms with Crippen molar-refractivity contribution < 1.29 is 8.42 Å². The molecule has 14 heavy (non-hydrogen) atoms. The quantitative estimate of drug-likeness (QED) is 0.673. The monoisotopic (exact) mass is 236 g/mol. The van der Waals surface area contributed by atoms with Gasteiger partial charge in [-0.2, -0.15) is 0 Å². The van der Waals surface area contributed by atoms with Crippen LogP contribution in [0.25, 0.3) is 0 Å². The number of anilines is 1. The second kappa shape index (κ2) is 5.23. The van der Waals surface area contributed by atoms with Crippen molar-refractivity contribution in [1.82, 2.24) is 15.5 Å². The van der Waals surface area contributed by atoms with Crippen LogP contribution in [0.3, 0.4) is 0 Å². The molecular formula is C6H12N4O2S2. The molecule has 1 aromatic heterocycles. The highest BCUT2D eigenvalue weighted by atomic mass is 32.2. The van der Waals surface area contributed by atoms with E-state index in [1.807, 2.05) is 0 Å². The standard InChI is InChI=1S/C6H12N4O2S2/c1-7-3-2-4-14(11,12)10-6-9-8-5-13-6/h5,7H,2-4H2,1H3,(H,9,10). The van der Waals surface area contributed by atoms with E-state index < -0.39 is 10.0 Å². The summed E-state index contributed by atoms with van der Waals surface area (Å²) in [4.78, 5) is 0. The normalized spacial score (nSPS) is 11.5. The molecule has 6 nitrogen and oxygen atoms in total. The molecule has 0 aliphatic rings. The van der Waals surface area contributed by atoms with Crippen molar-refractivity contribution in [3.8, 4) is 0 Å². The fourth-order valence-corrected chi connectivity index (χ4v) is 2.64. The molecule has 0 bridgehead atoms. The predicted molar refractivity (Wildman–Crippen MR) is 55.9 cm³/mol. The van der Waals surface area contributed by atoms with Crippen LogP contribution in [0.15, 0.2) is 5.51 Å². The minimum atomic E-state index is -3.26. The van der Waals surface area contributed by atoms with Gasteiger partial charge in [0, 0.05) is 0 Å². The van der Waals surface area contributed by atoms with Gasteiger partial charge in [-0.05, 0) is 20.0 Å². The molecule has 1 rings (SSSR count). The molecule has 2 N–H and O–H groups in total. The molecule has 8 heteroatoms. The summed E-state index contributed by atoms with van der Waals surface area (Å²) in [6, 6.07) is 0. The van der Waals surface area contributed by atoms with E-state index in [-0.39, 0.29) is 5.75 Å². The van der Waals surface area contributed by atoms with E-state index in [1.165, 1.54) is 5.51 Å². The lowest BCUT2D eigenvalue weighted by Gasteiger charge is -2.03. The lowest BCUT2D eigenvalue weighted by atomic mass is 10.5. The van der Waals surface area contributed by atoms with Gasteiger partial charge in [0.15, 0.2) is 0 Å². The molecule has 0 spiro atoms. The van der Waals surface area contributed by atoms with Crippen LogP contribution in [0.4, 0.5) is 5.13 Å². The Balaban J connectivity index is 2.42. The molecule has 0 aliphatic heterocycles. The van der Waals surface area contributed by atoms with Crippen molar-refractivity contribution in [2.24, 2.45) is 0 Å². The molecule has 0 aliphatic carbocycles. The maximum atomic E-state index is 11.4. The van der Waals surface area contributed by atoms with Crippen LogP contribution in [-0.4, -0.2) is 38.0 Å². The SMILES string of the molecule is CNCCCS(=O)(=O)Nc1nncs1. The third-order valence-electron chi connectivity index (χ3n) is 1.44. The van der Waals surface area contributed by atoms with Crippen molar-refractivity contribution in [3.63, 3.8) is 0 Å². The van der Waals surface area contributed by atoms with Crippen molar-refractivity contribution in [3.05, 3.63) is 5.51 Å². The van der Waals surface area contributed by atoms with Gasteiger partial charge < -0.3 is 5.32 Å². The van der Waals surface area contributed by atoms with Gasteiger partial charge in [-0.1, -0.05) is 11.3 Å². The second-order valence-corrected chi connectivity index (χ2v) is 5.30. The van der Waals surface area contributed by atoms with E-state index in [2.05, 4.69) is 20.2 Å². The predicted octanol–water partition coefficient (Wildman–Crippen LogP) is -0.111. The Morgan fingerprint density at radius 2 is 2.36 bits per heavy atom. The highest BCUT2D eigenvalue weighted by Gasteiger charge is 2.11. The van der Waals surface area contributed by atoms with Crippen LogP contribution >= 0.6 is 11.3 Å². The third-order valence-corrected chi connectivity index (χ3v) is 3.51. The number of rotatable bonds is 6. The van der Waals surface area contributed by atoms with E-state index in [0.29, 0.717) is 18.1 Å². The maximum absolute atomic E-state index is 11.4. The number of nitrogens with zero attached hydrogens (tertiary/aromatic N) is 2. The zero-order valence-corrected chi connectivity index (χ0v) is 9.36. The number of hydrogen-bond donors (Lipinski definition) is 2. The van der Waals surface area contributed by atoms with Crippen molar-refractivity contribution in [2.75, 3.05) is 24.1 Å². The van der Waals surface area contributed by atoms with Gasteiger partial charge >= 0.3 is 0 Å². The summed E-state index contributed by atoms with van der Waals surface area (Å²) in [7, 11) is -1.48. The summed E-state index contributed by atoms with van der Waals surface area (Å²) in [6.07, 6.45) is 0.574. The van der Waals surface area contributed by atoms with E-state index in [4.69, 9.17) is 0 Å². The minimum absolute atomic E-state index is 0.0907. The fourth-order valence-electron chi connectivity index (χ4n) is 0.841. The molecule has 0 saturated carbocycles. The van der Waals surface area contributed by atoms with E-state index >= 15 is 0 Å². The van der Waals surface area contributed by atoms with Gasteiger partial charge in [0.25, 0.3) is 0 Å². The average Bonchev–Trinajstić information content (AvgIpc) is 2.56. The minimum Gasteiger partial charge on any atom is -0.320 e. The lowest BCUT2D eigenvalue weighted by molar-refractivity contribution is 0.597. The molecule has 0 radical (unpaired) electrons. The summed E-state index contributed by atoms with van der Waals surface area (Å²) in [5, 5.41) is 10.3. The van der Waals surface area contributed by atoms with Crippen LogP contribution in [0.5, 0.6) is 0 Å². The molecule has 80 valence electrons. The van der Waals surface area contributed by atoms with Crippen molar-refractivity contribution in [1.29, 1.82) is 0 Å². The molecule has 0 fully saturated rings. The number of hydrogen-bond acceptors (Lipinski definition) is 6. The number of nitrogens with one attached hydrogen (secondary N) is 2. The van der Waals surface area contributed by atoms with Crippen LogP contribution in [0.1, 0.15) is 6.42 Å². The molecule has 0 aromatic carbocycles.